The minimum Gasteiger partial charge on any atom is -0.503 e. The van der Waals surface area contributed by atoms with Crippen LogP contribution >= 0.6 is 27.3 Å². The fourth-order valence-corrected chi connectivity index (χ4v) is 5.20. The van der Waals surface area contributed by atoms with Gasteiger partial charge in [0.2, 0.25) is 5.78 Å². The lowest BCUT2D eigenvalue weighted by molar-refractivity contribution is -0.117. The lowest BCUT2D eigenvalue weighted by atomic mass is 9.95. The Morgan fingerprint density at radius 2 is 2.03 bits per heavy atom. The molecule has 1 amide bonds. The fourth-order valence-electron chi connectivity index (χ4n) is 3.69. The number of aryl methyl sites for hydroxylation is 1. The van der Waals surface area contributed by atoms with E-state index in [0.717, 1.165) is 20.3 Å². The molecule has 0 saturated heterocycles. The number of halogens is 1. The van der Waals surface area contributed by atoms with Crippen molar-refractivity contribution in [2.45, 2.75) is 13.0 Å². The third kappa shape index (κ3) is 3.28. The highest BCUT2D eigenvalue weighted by Crippen LogP contribution is 2.44. The van der Waals surface area contributed by atoms with Crippen LogP contribution in [0.2, 0.25) is 0 Å². The molecule has 0 bridgehead atoms. The molecule has 31 heavy (non-hydrogen) atoms. The minimum absolute atomic E-state index is 0.0338. The molecule has 0 saturated carbocycles. The van der Waals surface area contributed by atoms with Crippen molar-refractivity contribution in [3.63, 3.8) is 0 Å². The van der Waals surface area contributed by atoms with E-state index in [0.29, 0.717) is 10.7 Å². The second-order valence-corrected chi connectivity index (χ2v) is 9.09. The van der Waals surface area contributed by atoms with E-state index < -0.39 is 23.5 Å². The molecule has 2 aromatic carbocycles. The third-order valence-electron chi connectivity index (χ3n) is 5.10. The van der Waals surface area contributed by atoms with Crippen molar-refractivity contribution in [2.75, 3.05) is 4.90 Å². The van der Waals surface area contributed by atoms with Crippen LogP contribution in [0, 0.1) is 6.92 Å². The Hall–Kier alpha value is -3.23. The molecule has 154 valence electrons. The summed E-state index contributed by atoms with van der Waals surface area (Å²) in [4.78, 5) is 32.4. The topological polar surface area (TPSA) is 83.6 Å². The molecule has 1 aliphatic rings. The van der Waals surface area contributed by atoms with Crippen LogP contribution in [0.15, 0.2) is 81.1 Å². The molecule has 8 heteroatoms. The maximum Gasteiger partial charge on any atom is 0.296 e. The van der Waals surface area contributed by atoms with E-state index in [1.807, 2.05) is 43.3 Å². The van der Waals surface area contributed by atoms with Crippen LogP contribution in [0.3, 0.4) is 0 Å². The summed E-state index contributed by atoms with van der Waals surface area (Å²) >= 11 is 4.79. The molecular formula is C23H15BrN2O4S. The number of aliphatic hydroxyl groups excluding tert-OH is 1. The summed E-state index contributed by atoms with van der Waals surface area (Å²) in [5.41, 5.74) is 2.45. The van der Waals surface area contributed by atoms with Crippen LogP contribution in [-0.2, 0) is 4.79 Å². The van der Waals surface area contributed by atoms with Gasteiger partial charge in [-0.3, -0.25) is 14.5 Å². The summed E-state index contributed by atoms with van der Waals surface area (Å²) in [7, 11) is 0. The van der Waals surface area contributed by atoms with Gasteiger partial charge < -0.3 is 9.52 Å². The lowest BCUT2D eigenvalue weighted by Crippen LogP contribution is -2.30. The first kappa shape index (κ1) is 19.7. The summed E-state index contributed by atoms with van der Waals surface area (Å²) in [6.07, 6.45) is 1.38. The number of benzene rings is 2. The number of furan rings is 1. The SMILES string of the molecule is Cc1ccc2nc(N3C(=O)C(O)=C(C(=O)c4ccco4)C3c3cccc(Br)c3)sc2c1. The van der Waals surface area contributed by atoms with Crippen LogP contribution in [-0.4, -0.2) is 21.8 Å². The summed E-state index contributed by atoms with van der Waals surface area (Å²) in [6, 6.07) is 15.4. The van der Waals surface area contributed by atoms with Gasteiger partial charge in [0.1, 0.15) is 0 Å². The number of Topliss-reactive ketones (excluding diaryl/α,β-unsaturated/α-hetero) is 1. The van der Waals surface area contributed by atoms with E-state index in [-0.39, 0.29) is 11.3 Å². The second-order valence-electron chi connectivity index (χ2n) is 7.17. The molecule has 1 N–H and O–H groups in total. The van der Waals surface area contributed by atoms with Crippen molar-refractivity contribution in [3.8, 4) is 0 Å². The molecule has 4 aromatic rings. The maximum absolute atomic E-state index is 13.2. The quantitative estimate of drug-likeness (QED) is 0.365. The number of anilines is 1. The summed E-state index contributed by atoms with van der Waals surface area (Å²) in [5.74, 6) is -1.76. The zero-order valence-electron chi connectivity index (χ0n) is 16.2. The molecule has 5 rings (SSSR count). The van der Waals surface area contributed by atoms with Gasteiger partial charge in [0.05, 0.1) is 28.1 Å². The summed E-state index contributed by atoms with van der Waals surface area (Å²) in [5, 5.41) is 11.2. The van der Waals surface area contributed by atoms with Gasteiger partial charge in [-0.2, -0.15) is 0 Å². The zero-order chi connectivity index (χ0) is 21.7. The molecule has 0 radical (unpaired) electrons. The fraction of sp³-hybridized carbons (Fsp3) is 0.0870. The van der Waals surface area contributed by atoms with Gasteiger partial charge in [-0.15, -0.1) is 0 Å². The van der Waals surface area contributed by atoms with Gasteiger partial charge in [-0.05, 0) is 54.4 Å². The highest BCUT2D eigenvalue weighted by Gasteiger charge is 2.46. The Labute approximate surface area is 189 Å². The van der Waals surface area contributed by atoms with Gasteiger partial charge in [-0.25, -0.2) is 4.98 Å². The molecule has 1 aliphatic heterocycles. The van der Waals surface area contributed by atoms with Crippen molar-refractivity contribution in [2.24, 2.45) is 0 Å². The Balaban J connectivity index is 1.70. The van der Waals surface area contributed by atoms with Gasteiger partial charge in [0.25, 0.3) is 5.91 Å². The molecule has 2 aromatic heterocycles. The van der Waals surface area contributed by atoms with Gasteiger partial charge in [0.15, 0.2) is 16.7 Å². The highest BCUT2D eigenvalue weighted by atomic mass is 79.9. The Morgan fingerprint density at radius 3 is 2.77 bits per heavy atom. The number of hydrogen-bond donors (Lipinski definition) is 1. The number of aromatic nitrogens is 1. The predicted molar refractivity (Wildman–Crippen MR) is 121 cm³/mol. The number of thiazole rings is 1. The molecule has 1 atom stereocenters. The van der Waals surface area contributed by atoms with E-state index >= 15 is 0 Å². The zero-order valence-corrected chi connectivity index (χ0v) is 18.6. The van der Waals surface area contributed by atoms with Gasteiger partial charge >= 0.3 is 0 Å². The Bertz CT molecular complexity index is 1370. The normalized spacial score (nSPS) is 16.5. The standard InChI is InChI=1S/C23H15BrN2O4S/c1-12-7-8-15-17(10-12)31-23(25-15)26-19(13-4-2-5-14(24)11-13)18(21(28)22(26)29)20(27)16-6-3-9-30-16/h2-11,19,28H,1H3. The third-order valence-corrected chi connectivity index (χ3v) is 6.61. The number of nitrogens with zero attached hydrogens (tertiary/aromatic N) is 2. The molecule has 6 nitrogen and oxygen atoms in total. The summed E-state index contributed by atoms with van der Waals surface area (Å²) < 4.78 is 6.96. The molecule has 1 unspecified atom stereocenters. The average molecular weight is 495 g/mol. The van der Waals surface area contributed by atoms with E-state index in [4.69, 9.17) is 4.42 Å². The van der Waals surface area contributed by atoms with E-state index in [2.05, 4.69) is 20.9 Å². The largest absolute Gasteiger partial charge is 0.503 e. The number of aliphatic hydroxyl groups is 1. The number of carbonyl (C=O) groups is 2. The van der Waals surface area contributed by atoms with Crippen LogP contribution in [0.1, 0.15) is 27.7 Å². The molecule has 0 fully saturated rings. The van der Waals surface area contributed by atoms with Crippen LogP contribution in [0.25, 0.3) is 10.2 Å². The van der Waals surface area contributed by atoms with E-state index in [1.54, 1.807) is 12.1 Å². The molecule has 3 heterocycles. The predicted octanol–water partition coefficient (Wildman–Crippen LogP) is 5.74. The molecular weight excluding hydrogens is 480 g/mol. The molecule has 0 aliphatic carbocycles. The first-order chi connectivity index (χ1) is 14.9. The first-order valence-corrected chi connectivity index (χ1v) is 11.0. The first-order valence-electron chi connectivity index (χ1n) is 9.41. The smallest absolute Gasteiger partial charge is 0.296 e. The van der Waals surface area contributed by atoms with Crippen molar-refractivity contribution >= 4 is 54.3 Å². The lowest BCUT2D eigenvalue weighted by Gasteiger charge is -2.24. The van der Waals surface area contributed by atoms with Gasteiger partial charge in [0, 0.05) is 4.47 Å². The Morgan fingerprint density at radius 1 is 1.19 bits per heavy atom. The highest BCUT2D eigenvalue weighted by molar-refractivity contribution is 9.10. The average Bonchev–Trinajstić information content (AvgIpc) is 3.46. The number of ketones is 1. The van der Waals surface area contributed by atoms with Crippen molar-refractivity contribution in [1.29, 1.82) is 0 Å². The van der Waals surface area contributed by atoms with Gasteiger partial charge in [-0.1, -0.05) is 45.5 Å². The number of rotatable bonds is 4. The second kappa shape index (κ2) is 7.47. The van der Waals surface area contributed by atoms with Crippen LogP contribution in [0.5, 0.6) is 0 Å². The van der Waals surface area contributed by atoms with E-state index in [1.165, 1.54) is 28.6 Å². The summed E-state index contributed by atoms with van der Waals surface area (Å²) in [6.45, 7) is 1.98. The van der Waals surface area contributed by atoms with E-state index in [9.17, 15) is 14.7 Å². The number of carbonyl (C=O) groups excluding carboxylic acids is 2. The monoisotopic (exact) mass is 494 g/mol. The van der Waals surface area contributed by atoms with Crippen LogP contribution in [0.4, 0.5) is 5.13 Å². The van der Waals surface area contributed by atoms with Crippen LogP contribution < -0.4 is 4.90 Å². The van der Waals surface area contributed by atoms with Crippen molar-refractivity contribution in [1.82, 2.24) is 4.98 Å². The number of fused-ring (bicyclic) bond motifs is 1. The number of amides is 1. The minimum atomic E-state index is -0.843. The van der Waals surface area contributed by atoms with Crippen molar-refractivity contribution in [3.05, 3.63) is 93.6 Å². The van der Waals surface area contributed by atoms with Crippen molar-refractivity contribution < 1.29 is 19.1 Å². The molecule has 0 spiro atoms. The Kier molecular flexibility index (Phi) is 4.75. The number of hydrogen-bond acceptors (Lipinski definition) is 6. The maximum atomic E-state index is 13.2.